The lowest BCUT2D eigenvalue weighted by atomic mass is 10.0. The van der Waals surface area contributed by atoms with Crippen LogP contribution in [0.25, 0.3) is 10.8 Å². The predicted octanol–water partition coefficient (Wildman–Crippen LogP) is 3.41. The Kier molecular flexibility index (Phi) is 1.49. The summed E-state index contributed by atoms with van der Waals surface area (Å²) in [4.78, 5) is 0. The molecular formula is C11H9NS. The third-order valence-corrected chi connectivity index (χ3v) is 3.22. The predicted molar refractivity (Wildman–Crippen MR) is 58.9 cm³/mol. The highest BCUT2D eigenvalue weighted by Crippen LogP contribution is 2.34. The maximum atomic E-state index is 3.34. The van der Waals surface area contributed by atoms with E-state index in [9.17, 15) is 0 Å². The Labute approximate surface area is 81.3 Å². The Balaban J connectivity index is 2.49. The van der Waals surface area contributed by atoms with Crippen molar-refractivity contribution in [3.05, 3.63) is 42.0 Å². The van der Waals surface area contributed by atoms with Gasteiger partial charge in [-0.25, -0.2) is 0 Å². The van der Waals surface area contributed by atoms with Crippen molar-refractivity contribution >= 4 is 28.4 Å². The third kappa shape index (κ3) is 1.02. The smallest absolute Gasteiger partial charge is 0.0522 e. The first-order chi connectivity index (χ1) is 6.45. The molecule has 0 bridgehead atoms. The number of rotatable bonds is 0. The van der Waals surface area contributed by atoms with Crippen LogP contribution in [-0.2, 0) is 5.75 Å². The van der Waals surface area contributed by atoms with E-state index in [1.165, 1.54) is 22.0 Å². The minimum absolute atomic E-state index is 1.06. The van der Waals surface area contributed by atoms with E-state index in [1.807, 2.05) is 0 Å². The molecule has 0 saturated heterocycles. The Hall–Kier alpha value is -1.15. The Morgan fingerprint density at radius 3 is 2.85 bits per heavy atom. The second kappa shape index (κ2) is 2.67. The fourth-order valence-corrected chi connectivity index (χ4v) is 2.61. The molecular weight excluding hydrogens is 178 g/mol. The molecule has 2 heteroatoms. The molecule has 1 N–H and O–H groups in total. The average Bonchev–Trinajstić information content (AvgIpc) is 2.19. The molecule has 0 spiro atoms. The van der Waals surface area contributed by atoms with Crippen LogP contribution in [0.1, 0.15) is 5.56 Å². The van der Waals surface area contributed by atoms with Gasteiger partial charge in [0.25, 0.3) is 0 Å². The summed E-state index contributed by atoms with van der Waals surface area (Å²) in [6, 6.07) is 12.9. The summed E-state index contributed by atoms with van der Waals surface area (Å²) < 4.78 is 3.34. The van der Waals surface area contributed by atoms with Gasteiger partial charge in [-0.2, -0.15) is 0 Å². The maximum absolute atomic E-state index is 3.34. The topological polar surface area (TPSA) is 12.0 Å². The van der Waals surface area contributed by atoms with E-state index in [0.717, 1.165) is 5.75 Å². The van der Waals surface area contributed by atoms with Gasteiger partial charge in [0.05, 0.1) is 5.69 Å². The van der Waals surface area contributed by atoms with E-state index in [2.05, 4.69) is 41.1 Å². The highest BCUT2D eigenvalue weighted by molar-refractivity contribution is 7.99. The number of hydrogen-bond donors (Lipinski definition) is 1. The zero-order chi connectivity index (χ0) is 8.67. The van der Waals surface area contributed by atoms with Gasteiger partial charge < -0.3 is 4.72 Å². The lowest BCUT2D eigenvalue weighted by molar-refractivity contribution is 1.45. The van der Waals surface area contributed by atoms with Crippen molar-refractivity contribution < 1.29 is 0 Å². The van der Waals surface area contributed by atoms with Crippen molar-refractivity contribution in [1.82, 2.24) is 0 Å². The Morgan fingerprint density at radius 1 is 1.08 bits per heavy atom. The van der Waals surface area contributed by atoms with Crippen molar-refractivity contribution in [2.45, 2.75) is 5.75 Å². The Bertz CT molecular complexity index is 426. The van der Waals surface area contributed by atoms with Crippen LogP contribution in [0.15, 0.2) is 36.4 Å². The van der Waals surface area contributed by atoms with Crippen LogP contribution in [-0.4, -0.2) is 0 Å². The molecule has 0 aromatic heterocycles. The molecule has 0 amide bonds. The summed E-state index contributed by atoms with van der Waals surface area (Å²) in [5.74, 6) is 1.06. The molecule has 0 radical (unpaired) electrons. The van der Waals surface area contributed by atoms with E-state index in [0.29, 0.717) is 0 Å². The molecule has 3 rings (SSSR count). The standard InChI is InChI=1S/C11H9NS/c1-3-8-4-2-6-10-11(8)9(5-1)7-13-12-10/h1-6,12H,7H2. The van der Waals surface area contributed by atoms with E-state index in [1.54, 1.807) is 11.9 Å². The molecule has 2 aromatic carbocycles. The summed E-state index contributed by atoms with van der Waals surface area (Å²) in [6.45, 7) is 0. The van der Waals surface area contributed by atoms with Crippen LogP contribution in [0.3, 0.4) is 0 Å². The SMILES string of the molecule is c1cc2c3c(cccc3c1)NSC2. The number of hydrogen-bond acceptors (Lipinski definition) is 2. The number of benzene rings is 2. The molecule has 0 fully saturated rings. The van der Waals surface area contributed by atoms with Crippen LogP contribution in [0.4, 0.5) is 5.69 Å². The average molecular weight is 187 g/mol. The van der Waals surface area contributed by atoms with Crippen molar-refractivity contribution in [3.63, 3.8) is 0 Å². The van der Waals surface area contributed by atoms with Crippen LogP contribution >= 0.6 is 11.9 Å². The molecule has 1 heterocycles. The van der Waals surface area contributed by atoms with Crippen LogP contribution in [0, 0.1) is 0 Å². The van der Waals surface area contributed by atoms with Crippen molar-refractivity contribution in [2.75, 3.05) is 4.72 Å². The van der Waals surface area contributed by atoms with Crippen LogP contribution < -0.4 is 4.72 Å². The fraction of sp³-hybridized carbons (Fsp3) is 0.0909. The molecule has 0 aliphatic carbocycles. The highest BCUT2D eigenvalue weighted by Gasteiger charge is 2.10. The minimum Gasteiger partial charge on any atom is -0.329 e. The number of anilines is 1. The van der Waals surface area contributed by atoms with E-state index in [-0.39, 0.29) is 0 Å². The zero-order valence-corrected chi connectivity index (χ0v) is 7.90. The lowest BCUT2D eigenvalue weighted by Crippen LogP contribution is -1.98. The van der Waals surface area contributed by atoms with Gasteiger partial charge in [0.1, 0.15) is 0 Å². The van der Waals surface area contributed by atoms with Gasteiger partial charge in [-0.3, -0.25) is 0 Å². The molecule has 1 aliphatic heterocycles. The first-order valence-corrected chi connectivity index (χ1v) is 5.32. The summed E-state index contributed by atoms with van der Waals surface area (Å²) >= 11 is 1.76. The summed E-state index contributed by atoms with van der Waals surface area (Å²) in [5, 5.41) is 2.73. The van der Waals surface area contributed by atoms with E-state index < -0.39 is 0 Å². The van der Waals surface area contributed by atoms with E-state index >= 15 is 0 Å². The maximum Gasteiger partial charge on any atom is 0.0522 e. The molecule has 0 saturated carbocycles. The molecule has 0 atom stereocenters. The summed E-state index contributed by atoms with van der Waals surface area (Å²) in [6.07, 6.45) is 0. The molecule has 1 nitrogen and oxygen atoms in total. The van der Waals surface area contributed by atoms with Crippen LogP contribution in [0.2, 0.25) is 0 Å². The lowest BCUT2D eigenvalue weighted by Gasteiger charge is -2.17. The Morgan fingerprint density at radius 2 is 1.92 bits per heavy atom. The third-order valence-electron chi connectivity index (χ3n) is 2.40. The largest absolute Gasteiger partial charge is 0.329 e. The minimum atomic E-state index is 1.06. The molecule has 1 aliphatic rings. The fourth-order valence-electron chi connectivity index (χ4n) is 1.82. The van der Waals surface area contributed by atoms with Crippen molar-refractivity contribution in [3.8, 4) is 0 Å². The number of nitrogens with one attached hydrogen (secondary N) is 1. The van der Waals surface area contributed by atoms with Crippen LogP contribution in [0.5, 0.6) is 0 Å². The summed E-state index contributed by atoms with van der Waals surface area (Å²) in [7, 11) is 0. The van der Waals surface area contributed by atoms with Gasteiger partial charge in [-0.05, 0) is 29.0 Å². The zero-order valence-electron chi connectivity index (χ0n) is 7.08. The molecule has 0 unspecified atom stereocenters. The summed E-state index contributed by atoms with van der Waals surface area (Å²) in [5.41, 5.74) is 2.70. The van der Waals surface area contributed by atoms with Gasteiger partial charge in [0.15, 0.2) is 0 Å². The van der Waals surface area contributed by atoms with Crippen molar-refractivity contribution in [2.24, 2.45) is 0 Å². The van der Waals surface area contributed by atoms with E-state index in [4.69, 9.17) is 0 Å². The molecule has 64 valence electrons. The van der Waals surface area contributed by atoms with Gasteiger partial charge in [0, 0.05) is 11.1 Å². The van der Waals surface area contributed by atoms with Crippen molar-refractivity contribution in [1.29, 1.82) is 0 Å². The second-order valence-corrected chi connectivity index (χ2v) is 3.99. The first-order valence-electron chi connectivity index (χ1n) is 4.33. The van der Waals surface area contributed by atoms with Gasteiger partial charge in [0.2, 0.25) is 0 Å². The normalized spacial score (nSPS) is 14.2. The van der Waals surface area contributed by atoms with Gasteiger partial charge >= 0.3 is 0 Å². The second-order valence-electron chi connectivity index (χ2n) is 3.21. The highest BCUT2D eigenvalue weighted by atomic mass is 32.2. The quantitative estimate of drug-likeness (QED) is 0.634. The first kappa shape index (κ1) is 7.27. The monoisotopic (exact) mass is 187 g/mol. The van der Waals surface area contributed by atoms with Gasteiger partial charge in [-0.15, -0.1) is 0 Å². The van der Waals surface area contributed by atoms with Gasteiger partial charge in [-0.1, -0.05) is 30.3 Å². The molecule has 13 heavy (non-hydrogen) atoms. The molecule has 2 aromatic rings.